The van der Waals surface area contributed by atoms with E-state index in [2.05, 4.69) is 23.7 Å². The smallest absolute Gasteiger partial charge is 0.383 e. The van der Waals surface area contributed by atoms with Crippen molar-refractivity contribution in [1.82, 2.24) is 19.7 Å². The summed E-state index contributed by atoms with van der Waals surface area (Å²) in [5.74, 6) is 1.21. The lowest BCUT2D eigenvalue weighted by atomic mass is 10.0. The third-order valence-electron chi connectivity index (χ3n) is 7.95. The summed E-state index contributed by atoms with van der Waals surface area (Å²) in [5.41, 5.74) is 6.58. The van der Waals surface area contributed by atoms with Crippen LogP contribution in [0.2, 0.25) is 0 Å². The Morgan fingerprint density at radius 2 is 1.88 bits per heavy atom. The molecule has 6 atom stereocenters. The van der Waals surface area contributed by atoms with Crippen molar-refractivity contribution >= 4 is 5.82 Å². The highest BCUT2D eigenvalue weighted by molar-refractivity contribution is 5.63. The van der Waals surface area contributed by atoms with Crippen molar-refractivity contribution < 1.29 is 17.9 Å². The number of hydrogen-bond donors (Lipinski definition) is 1. The average molecular weight is 448 g/mol. The standard InChI is InChI=1S/C23H28F3N5O/c1-11(2)31-20(7-19(29-31)12-3-18(23(24,25)26)22(27)28-8-12)21-16-5-13(6-17(16)21)30-9-15-4-14(30)10-32-15/h3,7-8,11,13-17,21H,4-6,9-10H2,1-2H3,(H2,27,28)/t13?,14-,15-,16-,17+,21?/m1/s1. The van der Waals surface area contributed by atoms with Gasteiger partial charge in [-0.25, -0.2) is 4.98 Å². The second-order valence-corrected chi connectivity index (χ2v) is 10.2. The maximum atomic E-state index is 13.3. The molecule has 0 amide bonds. The van der Waals surface area contributed by atoms with Crippen LogP contribution in [0.5, 0.6) is 0 Å². The molecule has 4 aliphatic rings. The Morgan fingerprint density at radius 1 is 1.12 bits per heavy atom. The third kappa shape index (κ3) is 3.15. The summed E-state index contributed by atoms with van der Waals surface area (Å²) in [4.78, 5) is 6.46. The first kappa shape index (κ1) is 20.5. The Labute approximate surface area is 184 Å². The lowest BCUT2D eigenvalue weighted by molar-refractivity contribution is -0.137. The molecule has 2 aliphatic carbocycles. The molecule has 2 aromatic heterocycles. The molecule has 2 saturated heterocycles. The second kappa shape index (κ2) is 6.93. The number of pyridine rings is 1. The van der Waals surface area contributed by atoms with E-state index in [0.717, 1.165) is 24.9 Å². The van der Waals surface area contributed by atoms with Gasteiger partial charge >= 0.3 is 6.18 Å². The molecule has 2 bridgehead atoms. The Kier molecular flexibility index (Phi) is 4.44. The van der Waals surface area contributed by atoms with Crippen molar-refractivity contribution in [3.05, 3.63) is 29.6 Å². The van der Waals surface area contributed by atoms with Crippen LogP contribution < -0.4 is 5.73 Å². The first-order valence-corrected chi connectivity index (χ1v) is 11.5. The van der Waals surface area contributed by atoms with Gasteiger partial charge in [-0.1, -0.05) is 0 Å². The van der Waals surface area contributed by atoms with Gasteiger partial charge in [0.25, 0.3) is 0 Å². The van der Waals surface area contributed by atoms with Crippen LogP contribution in [0.25, 0.3) is 11.3 Å². The fourth-order valence-electron chi connectivity index (χ4n) is 6.45. The van der Waals surface area contributed by atoms with Crippen LogP contribution in [0.15, 0.2) is 18.3 Å². The molecule has 172 valence electrons. The Balaban J connectivity index is 1.24. The summed E-state index contributed by atoms with van der Waals surface area (Å²) in [6.45, 7) is 6.06. The highest BCUT2D eigenvalue weighted by atomic mass is 19.4. The normalized spacial score (nSPS) is 33.9. The summed E-state index contributed by atoms with van der Waals surface area (Å²) in [6, 6.07) is 4.40. The van der Waals surface area contributed by atoms with E-state index in [1.165, 1.54) is 25.5 Å². The van der Waals surface area contributed by atoms with Crippen molar-refractivity contribution in [2.24, 2.45) is 11.8 Å². The fraction of sp³-hybridized carbons (Fsp3) is 0.652. The molecule has 0 radical (unpaired) electrons. The van der Waals surface area contributed by atoms with Crippen LogP contribution in [0.3, 0.4) is 0 Å². The molecular weight excluding hydrogens is 419 g/mol. The number of nitrogen functional groups attached to an aromatic ring is 1. The summed E-state index contributed by atoms with van der Waals surface area (Å²) in [6.07, 6.45) is 0.827. The Morgan fingerprint density at radius 3 is 2.47 bits per heavy atom. The minimum absolute atomic E-state index is 0.131. The van der Waals surface area contributed by atoms with Gasteiger partial charge in [-0.15, -0.1) is 0 Å². The molecule has 4 heterocycles. The summed E-state index contributed by atoms with van der Waals surface area (Å²) < 4.78 is 47.7. The molecule has 0 aromatic carbocycles. The van der Waals surface area contributed by atoms with Gasteiger partial charge in [0.15, 0.2) is 0 Å². The van der Waals surface area contributed by atoms with Gasteiger partial charge in [0.2, 0.25) is 0 Å². The molecule has 2 aliphatic heterocycles. The van der Waals surface area contributed by atoms with Crippen molar-refractivity contribution in [2.75, 3.05) is 18.9 Å². The number of fused-ring (bicyclic) bond motifs is 3. The number of aromatic nitrogens is 3. The van der Waals surface area contributed by atoms with Crippen LogP contribution in [-0.2, 0) is 10.9 Å². The molecule has 4 fully saturated rings. The summed E-state index contributed by atoms with van der Waals surface area (Å²) in [5, 5.41) is 4.69. The number of nitrogens with zero attached hydrogens (tertiary/aromatic N) is 4. The van der Waals surface area contributed by atoms with Gasteiger partial charge in [-0.05, 0) is 57.1 Å². The predicted octanol–water partition coefficient (Wildman–Crippen LogP) is 4.09. The lowest BCUT2D eigenvalue weighted by Gasteiger charge is -2.33. The minimum atomic E-state index is -4.54. The van der Waals surface area contributed by atoms with Gasteiger partial charge in [0.1, 0.15) is 5.82 Å². The highest BCUT2D eigenvalue weighted by Crippen LogP contribution is 2.64. The molecule has 2 saturated carbocycles. The van der Waals surface area contributed by atoms with E-state index in [9.17, 15) is 13.2 Å². The Bertz CT molecular complexity index is 1040. The van der Waals surface area contributed by atoms with Crippen LogP contribution >= 0.6 is 0 Å². The topological polar surface area (TPSA) is 69.2 Å². The van der Waals surface area contributed by atoms with Crippen LogP contribution in [0.1, 0.15) is 56.3 Å². The van der Waals surface area contributed by atoms with E-state index in [1.54, 1.807) is 0 Å². The number of alkyl halides is 3. The average Bonchev–Trinajstić information content (AvgIpc) is 3.31. The maximum Gasteiger partial charge on any atom is 0.419 e. The molecule has 6 rings (SSSR count). The summed E-state index contributed by atoms with van der Waals surface area (Å²) >= 11 is 0. The van der Waals surface area contributed by atoms with E-state index in [1.807, 2.05) is 10.7 Å². The second-order valence-electron chi connectivity index (χ2n) is 10.2. The van der Waals surface area contributed by atoms with Crippen LogP contribution in [-0.4, -0.2) is 51.0 Å². The lowest BCUT2D eigenvalue weighted by Crippen LogP contribution is -2.43. The van der Waals surface area contributed by atoms with Crippen LogP contribution in [0, 0.1) is 11.8 Å². The molecule has 0 spiro atoms. The SMILES string of the molecule is CC(C)n1nc(-c2cnc(N)c(C(F)(F)F)c2)cc1C1[C@H]2CC(N3C[C@H]4C[C@@H]3CO4)C[C@@H]12. The van der Waals surface area contributed by atoms with E-state index in [0.29, 0.717) is 47.2 Å². The molecule has 2 unspecified atom stereocenters. The Hall–Kier alpha value is -2.13. The first-order valence-electron chi connectivity index (χ1n) is 11.5. The molecule has 2 N–H and O–H groups in total. The van der Waals surface area contributed by atoms with E-state index < -0.39 is 17.6 Å². The van der Waals surface area contributed by atoms with Crippen LogP contribution in [0.4, 0.5) is 19.0 Å². The third-order valence-corrected chi connectivity index (χ3v) is 7.95. The number of morpholine rings is 1. The number of rotatable bonds is 4. The van der Waals surface area contributed by atoms with Gasteiger partial charge < -0.3 is 10.5 Å². The number of anilines is 1. The van der Waals surface area contributed by atoms with Gasteiger partial charge in [0, 0.05) is 48.0 Å². The molecule has 32 heavy (non-hydrogen) atoms. The zero-order chi connectivity index (χ0) is 22.4. The largest absolute Gasteiger partial charge is 0.419 e. The predicted molar refractivity (Wildman–Crippen MR) is 113 cm³/mol. The highest BCUT2D eigenvalue weighted by Gasteiger charge is 2.60. The molecule has 9 heteroatoms. The molecular formula is C23H28F3N5O. The number of halogens is 3. The number of likely N-dealkylation sites (tertiary alicyclic amines) is 1. The minimum Gasteiger partial charge on any atom is -0.383 e. The van der Waals surface area contributed by atoms with Gasteiger partial charge in [-0.3, -0.25) is 9.58 Å². The zero-order valence-corrected chi connectivity index (χ0v) is 18.2. The number of nitrogens with two attached hydrogens (primary N) is 1. The van der Waals surface area contributed by atoms with E-state index in [4.69, 9.17) is 15.6 Å². The monoisotopic (exact) mass is 447 g/mol. The first-order chi connectivity index (χ1) is 15.2. The van der Waals surface area contributed by atoms with Crippen molar-refractivity contribution in [3.63, 3.8) is 0 Å². The summed E-state index contributed by atoms with van der Waals surface area (Å²) in [7, 11) is 0. The van der Waals surface area contributed by atoms with Gasteiger partial charge in [0.05, 0.1) is 24.0 Å². The molecule has 2 aromatic rings. The number of hydrogen-bond acceptors (Lipinski definition) is 5. The van der Waals surface area contributed by atoms with E-state index >= 15 is 0 Å². The van der Waals surface area contributed by atoms with Crippen molar-refractivity contribution in [2.45, 2.75) is 69.4 Å². The zero-order valence-electron chi connectivity index (χ0n) is 18.2. The van der Waals surface area contributed by atoms with Crippen molar-refractivity contribution in [1.29, 1.82) is 0 Å². The van der Waals surface area contributed by atoms with Crippen molar-refractivity contribution in [3.8, 4) is 11.3 Å². The van der Waals surface area contributed by atoms with E-state index in [-0.39, 0.29) is 6.04 Å². The number of ether oxygens (including phenoxy) is 1. The quantitative estimate of drug-likeness (QED) is 0.765. The molecule has 6 nitrogen and oxygen atoms in total. The van der Waals surface area contributed by atoms with Gasteiger partial charge in [-0.2, -0.15) is 18.3 Å². The fourth-order valence-corrected chi connectivity index (χ4v) is 6.45. The maximum absolute atomic E-state index is 13.3.